The third-order valence-electron chi connectivity index (χ3n) is 8.32. The predicted octanol–water partition coefficient (Wildman–Crippen LogP) is 4.73. The average Bonchev–Trinajstić information content (AvgIpc) is 3.24. The van der Waals surface area contributed by atoms with E-state index in [2.05, 4.69) is 5.16 Å². The van der Waals surface area contributed by atoms with Crippen LogP contribution in [0.3, 0.4) is 0 Å². The number of methoxy groups -OCH3 is 1. The van der Waals surface area contributed by atoms with E-state index in [1.807, 2.05) is 23.4 Å². The van der Waals surface area contributed by atoms with E-state index >= 15 is 0 Å². The van der Waals surface area contributed by atoms with Gasteiger partial charge < -0.3 is 13.8 Å². The van der Waals surface area contributed by atoms with E-state index in [9.17, 15) is 13.2 Å². The van der Waals surface area contributed by atoms with Crippen molar-refractivity contribution in [1.29, 1.82) is 0 Å². The highest BCUT2D eigenvalue weighted by atomic mass is 32.2. The molecule has 6 rings (SSSR count). The zero-order valence-electron chi connectivity index (χ0n) is 23.2. The van der Waals surface area contributed by atoms with E-state index in [-0.39, 0.29) is 23.4 Å². The lowest BCUT2D eigenvalue weighted by molar-refractivity contribution is -0.131. The molecule has 1 aliphatic heterocycles. The van der Waals surface area contributed by atoms with Gasteiger partial charge in [0, 0.05) is 31.5 Å². The number of rotatable bonds is 10. The zero-order chi connectivity index (χ0) is 28.1. The van der Waals surface area contributed by atoms with Gasteiger partial charge in [0.25, 0.3) is 15.9 Å². The molecule has 1 spiro atoms. The molecule has 3 heterocycles. The van der Waals surface area contributed by atoms with Crippen molar-refractivity contribution >= 4 is 27.6 Å². The van der Waals surface area contributed by atoms with Crippen molar-refractivity contribution in [1.82, 2.24) is 14.6 Å². The zero-order valence-corrected chi connectivity index (χ0v) is 24.0. The van der Waals surface area contributed by atoms with Crippen LogP contribution in [0, 0.1) is 19.8 Å². The molecule has 10 nitrogen and oxygen atoms in total. The smallest absolute Gasteiger partial charge is 0.269 e. The van der Waals surface area contributed by atoms with Gasteiger partial charge in [-0.05, 0) is 69.2 Å². The molecule has 3 aliphatic rings. The van der Waals surface area contributed by atoms with Crippen molar-refractivity contribution in [3.05, 3.63) is 59.6 Å². The summed E-state index contributed by atoms with van der Waals surface area (Å²) < 4.78 is 41.4. The number of sulfonamides is 1. The number of amidine groups is 1. The lowest BCUT2D eigenvalue weighted by Crippen LogP contribution is -2.40. The van der Waals surface area contributed by atoms with Crippen LogP contribution in [-0.2, 0) is 26.1 Å². The summed E-state index contributed by atoms with van der Waals surface area (Å²) in [5, 5.41) is 4.00. The molecular weight excluding hydrogens is 530 g/mol. The SMILES string of the molecule is COCN(c1noc(C)c1C)S(=O)(=O)c1ccccc1-n1ccc(CN2C(=O)C3(CCCC3)N=C2CC2CC2)c1. The number of hydrogen-bond acceptors (Lipinski definition) is 7. The van der Waals surface area contributed by atoms with Crippen LogP contribution in [0.2, 0.25) is 0 Å². The number of amides is 1. The van der Waals surface area contributed by atoms with Gasteiger partial charge in [0.1, 0.15) is 28.8 Å². The molecule has 212 valence electrons. The van der Waals surface area contributed by atoms with E-state index in [4.69, 9.17) is 14.3 Å². The fraction of sp³-hybridized carbons (Fsp3) is 0.483. The number of carbonyl (C=O) groups is 1. The Kier molecular flexibility index (Phi) is 6.82. The van der Waals surface area contributed by atoms with Gasteiger partial charge in [-0.2, -0.15) is 0 Å². The first-order valence-corrected chi connectivity index (χ1v) is 15.3. The van der Waals surface area contributed by atoms with Crippen molar-refractivity contribution < 1.29 is 22.5 Å². The van der Waals surface area contributed by atoms with Crippen LogP contribution in [0.4, 0.5) is 5.82 Å². The molecule has 2 saturated carbocycles. The fourth-order valence-corrected chi connectivity index (χ4v) is 7.35. The predicted molar refractivity (Wildman–Crippen MR) is 150 cm³/mol. The standard InChI is InChI=1S/C29H35N5O5S/c1-20-21(2)39-31-27(20)34(19-38-3)40(36,37)25-9-5-4-8-24(25)32-15-12-23(17-32)18-33-26(16-22-10-11-22)30-29(28(33)35)13-6-7-14-29/h4-5,8-9,12,15,17,22H,6-7,10-11,13-14,16,18-19H2,1-3H3. The fourth-order valence-electron chi connectivity index (χ4n) is 5.78. The maximum Gasteiger partial charge on any atom is 0.269 e. The minimum absolute atomic E-state index is 0.104. The van der Waals surface area contributed by atoms with Crippen LogP contribution >= 0.6 is 0 Å². The van der Waals surface area contributed by atoms with Gasteiger partial charge in [-0.3, -0.25) is 14.7 Å². The maximum atomic E-state index is 14.0. The molecule has 0 unspecified atom stereocenters. The first-order chi connectivity index (χ1) is 19.2. The summed E-state index contributed by atoms with van der Waals surface area (Å²) in [4.78, 5) is 20.6. The Morgan fingerprint density at radius 3 is 2.58 bits per heavy atom. The largest absolute Gasteiger partial charge is 0.363 e. The molecule has 1 aromatic carbocycles. The summed E-state index contributed by atoms with van der Waals surface area (Å²) in [7, 11) is -2.64. The van der Waals surface area contributed by atoms with E-state index in [0.29, 0.717) is 29.5 Å². The van der Waals surface area contributed by atoms with Crippen LogP contribution < -0.4 is 4.31 Å². The van der Waals surface area contributed by atoms with Crippen LogP contribution in [-0.4, -0.2) is 54.2 Å². The van der Waals surface area contributed by atoms with E-state index in [0.717, 1.165) is 47.8 Å². The third-order valence-corrected chi connectivity index (χ3v) is 10.1. The monoisotopic (exact) mass is 565 g/mol. The molecule has 11 heteroatoms. The number of aromatic nitrogens is 2. The van der Waals surface area contributed by atoms with Crippen LogP contribution in [0.15, 0.2) is 57.1 Å². The molecule has 40 heavy (non-hydrogen) atoms. The summed E-state index contributed by atoms with van der Waals surface area (Å²) in [5.74, 6) is 2.39. The molecule has 2 aromatic heterocycles. The highest BCUT2D eigenvalue weighted by Gasteiger charge is 2.50. The second-order valence-corrected chi connectivity index (χ2v) is 13.0. The highest BCUT2D eigenvalue weighted by molar-refractivity contribution is 7.93. The average molecular weight is 566 g/mol. The quantitative estimate of drug-likeness (QED) is 0.329. The highest BCUT2D eigenvalue weighted by Crippen LogP contribution is 2.42. The number of benzene rings is 1. The van der Waals surface area contributed by atoms with Gasteiger partial charge in [0.15, 0.2) is 5.82 Å². The van der Waals surface area contributed by atoms with Crippen molar-refractivity contribution in [2.75, 3.05) is 18.1 Å². The Balaban J connectivity index is 1.30. The van der Waals surface area contributed by atoms with Crippen molar-refractivity contribution in [2.24, 2.45) is 10.9 Å². The normalized spacial score (nSPS) is 18.6. The Morgan fingerprint density at radius 2 is 1.90 bits per heavy atom. The summed E-state index contributed by atoms with van der Waals surface area (Å²) >= 11 is 0. The first kappa shape index (κ1) is 26.8. The van der Waals surface area contributed by atoms with Gasteiger partial charge in [-0.1, -0.05) is 30.1 Å². The number of carbonyl (C=O) groups excluding carboxylic acids is 1. The molecule has 1 amide bonds. The van der Waals surface area contributed by atoms with Gasteiger partial charge in [0.2, 0.25) is 0 Å². The van der Waals surface area contributed by atoms with E-state index < -0.39 is 15.6 Å². The minimum atomic E-state index is -4.08. The lowest BCUT2D eigenvalue weighted by Gasteiger charge is -2.23. The van der Waals surface area contributed by atoms with Gasteiger partial charge in [-0.15, -0.1) is 0 Å². The summed E-state index contributed by atoms with van der Waals surface area (Å²) in [6, 6.07) is 8.76. The topological polar surface area (TPSA) is 110 Å². The van der Waals surface area contributed by atoms with Crippen LogP contribution in [0.25, 0.3) is 5.69 Å². The van der Waals surface area contributed by atoms with Crippen molar-refractivity contribution in [2.45, 2.75) is 75.8 Å². The molecule has 0 saturated heterocycles. The molecule has 2 fully saturated rings. The Hall–Kier alpha value is -3.44. The number of para-hydroxylation sites is 1. The number of ether oxygens (including phenoxy) is 1. The number of hydrogen-bond donors (Lipinski definition) is 0. The van der Waals surface area contributed by atoms with Crippen molar-refractivity contribution in [3.63, 3.8) is 0 Å². The molecule has 0 bridgehead atoms. The van der Waals surface area contributed by atoms with Crippen LogP contribution in [0.5, 0.6) is 0 Å². The van der Waals surface area contributed by atoms with E-state index in [1.165, 1.54) is 20.0 Å². The number of anilines is 1. The summed E-state index contributed by atoms with van der Waals surface area (Å²) in [6.07, 6.45) is 10.7. The maximum absolute atomic E-state index is 14.0. The van der Waals surface area contributed by atoms with Gasteiger partial charge in [-0.25, -0.2) is 12.7 Å². The second-order valence-electron chi connectivity index (χ2n) is 11.2. The third kappa shape index (κ3) is 4.64. The first-order valence-electron chi connectivity index (χ1n) is 13.8. The number of aliphatic imine (C=N–C) groups is 1. The minimum Gasteiger partial charge on any atom is -0.363 e. The Bertz CT molecular complexity index is 1560. The molecule has 2 aliphatic carbocycles. The Labute approximate surface area is 234 Å². The molecule has 3 aromatic rings. The summed E-state index contributed by atoms with van der Waals surface area (Å²) in [5.41, 5.74) is 1.45. The van der Waals surface area contributed by atoms with Gasteiger partial charge >= 0.3 is 0 Å². The van der Waals surface area contributed by atoms with Crippen LogP contribution in [0.1, 0.15) is 61.8 Å². The second kappa shape index (κ2) is 10.2. The van der Waals surface area contributed by atoms with Crippen molar-refractivity contribution in [3.8, 4) is 5.69 Å². The van der Waals surface area contributed by atoms with E-state index in [1.54, 1.807) is 42.7 Å². The molecule has 0 atom stereocenters. The van der Waals surface area contributed by atoms with Gasteiger partial charge in [0.05, 0.1) is 12.2 Å². The molecular formula is C29H35N5O5S. The number of aryl methyl sites for hydroxylation is 1. The number of nitrogens with zero attached hydrogens (tertiary/aromatic N) is 5. The molecule has 0 N–H and O–H groups in total. The molecule has 0 radical (unpaired) electrons. The Morgan fingerprint density at radius 1 is 1.15 bits per heavy atom. The lowest BCUT2D eigenvalue weighted by atomic mass is 9.98. The summed E-state index contributed by atoms with van der Waals surface area (Å²) in [6.45, 7) is 3.70.